The van der Waals surface area contributed by atoms with E-state index >= 15 is 0 Å². The lowest BCUT2D eigenvalue weighted by Crippen LogP contribution is -2.11. The molecule has 3 heterocycles. The highest BCUT2D eigenvalue weighted by Crippen LogP contribution is 2.23. The normalized spacial score (nSPS) is 10.8. The number of hydrogen-bond donors (Lipinski definition) is 2. The largest absolute Gasteiger partial charge is 0.350 e. The lowest BCUT2D eigenvalue weighted by Gasteiger charge is -1.98. The van der Waals surface area contributed by atoms with E-state index in [0.29, 0.717) is 16.0 Å². The van der Waals surface area contributed by atoms with Crippen molar-refractivity contribution in [2.45, 2.75) is 6.92 Å². The van der Waals surface area contributed by atoms with E-state index in [1.54, 1.807) is 23.1 Å². The topological polar surface area (TPSA) is 102 Å². The van der Waals surface area contributed by atoms with E-state index in [4.69, 9.17) is 4.52 Å². The van der Waals surface area contributed by atoms with Crippen LogP contribution in [0.4, 0.5) is 5.82 Å². The number of aromatic amines is 1. The van der Waals surface area contributed by atoms with E-state index in [2.05, 4.69) is 41.7 Å². The number of carbonyl (C=O) groups is 1. The number of nitrogens with zero attached hydrogens (tertiary/aromatic N) is 4. The Morgan fingerprint density at radius 1 is 1.48 bits per heavy atom. The molecule has 9 heteroatoms. The summed E-state index contributed by atoms with van der Waals surface area (Å²) in [6.45, 7) is 1.92. The molecule has 3 rings (SSSR count). The van der Waals surface area contributed by atoms with Crippen molar-refractivity contribution in [3.05, 3.63) is 34.4 Å². The Hall–Kier alpha value is -2.42. The molecule has 0 radical (unpaired) electrons. The molecule has 0 atom stereocenters. The van der Waals surface area contributed by atoms with Gasteiger partial charge in [-0.1, -0.05) is 5.16 Å². The molecular formula is C12H11BrN6O2. The molecule has 0 unspecified atom stereocenters. The Morgan fingerprint density at radius 2 is 2.29 bits per heavy atom. The van der Waals surface area contributed by atoms with Crippen LogP contribution in [0.5, 0.6) is 0 Å². The zero-order valence-corrected chi connectivity index (χ0v) is 12.8. The summed E-state index contributed by atoms with van der Waals surface area (Å²) >= 11 is 3.26. The summed E-state index contributed by atoms with van der Waals surface area (Å²) < 4.78 is 7.46. The SMILES string of the molecule is Cc1c(-c2cc(C(=O)Nc3[nH]ncc3Br)on2)cnn1C. The summed E-state index contributed by atoms with van der Waals surface area (Å²) in [4.78, 5) is 12.1. The lowest BCUT2D eigenvalue weighted by molar-refractivity contribution is 0.0987. The maximum Gasteiger partial charge on any atom is 0.295 e. The van der Waals surface area contributed by atoms with Crippen LogP contribution in [0.3, 0.4) is 0 Å². The van der Waals surface area contributed by atoms with E-state index in [9.17, 15) is 4.79 Å². The van der Waals surface area contributed by atoms with Gasteiger partial charge < -0.3 is 9.84 Å². The number of amides is 1. The number of anilines is 1. The lowest BCUT2D eigenvalue weighted by atomic mass is 10.2. The van der Waals surface area contributed by atoms with Crippen molar-refractivity contribution >= 4 is 27.7 Å². The molecule has 8 nitrogen and oxygen atoms in total. The number of carbonyl (C=O) groups excluding carboxylic acids is 1. The average molecular weight is 351 g/mol. The van der Waals surface area contributed by atoms with Crippen molar-refractivity contribution in [2.24, 2.45) is 7.05 Å². The molecular weight excluding hydrogens is 340 g/mol. The van der Waals surface area contributed by atoms with Gasteiger partial charge in [0.05, 0.1) is 16.9 Å². The summed E-state index contributed by atoms with van der Waals surface area (Å²) in [6.07, 6.45) is 3.22. The number of aromatic nitrogens is 5. The molecule has 0 saturated heterocycles. The predicted octanol–water partition coefficient (Wildman–Crippen LogP) is 2.12. The molecule has 0 saturated carbocycles. The minimum absolute atomic E-state index is 0.106. The highest BCUT2D eigenvalue weighted by atomic mass is 79.9. The Kier molecular flexibility index (Phi) is 3.34. The first-order valence-corrected chi connectivity index (χ1v) is 6.81. The molecule has 0 bridgehead atoms. The molecule has 0 aromatic carbocycles. The molecule has 3 aromatic rings. The van der Waals surface area contributed by atoms with Gasteiger partial charge in [-0.3, -0.25) is 14.6 Å². The van der Waals surface area contributed by atoms with Crippen LogP contribution in [0.15, 0.2) is 27.5 Å². The number of aryl methyl sites for hydroxylation is 1. The second-order valence-corrected chi connectivity index (χ2v) is 5.25. The maximum atomic E-state index is 12.1. The van der Waals surface area contributed by atoms with E-state index in [0.717, 1.165) is 11.3 Å². The van der Waals surface area contributed by atoms with Gasteiger partial charge in [0, 0.05) is 24.4 Å². The van der Waals surface area contributed by atoms with Crippen molar-refractivity contribution in [3.8, 4) is 11.3 Å². The molecule has 108 valence electrons. The number of halogens is 1. The molecule has 0 aliphatic heterocycles. The fraction of sp³-hybridized carbons (Fsp3) is 0.167. The summed E-state index contributed by atoms with van der Waals surface area (Å²) in [5.74, 6) is 0.144. The van der Waals surface area contributed by atoms with E-state index in [-0.39, 0.29) is 5.76 Å². The monoisotopic (exact) mass is 350 g/mol. The van der Waals surface area contributed by atoms with Gasteiger partial charge in [-0.25, -0.2) is 0 Å². The van der Waals surface area contributed by atoms with Crippen molar-refractivity contribution in [2.75, 3.05) is 5.32 Å². The third-order valence-corrected chi connectivity index (χ3v) is 3.68. The van der Waals surface area contributed by atoms with E-state index in [1.165, 1.54) is 0 Å². The van der Waals surface area contributed by atoms with Crippen LogP contribution in [0.2, 0.25) is 0 Å². The van der Waals surface area contributed by atoms with Crippen LogP contribution < -0.4 is 5.32 Å². The van der Waals surface area contributed by atoms with Crippen molar-refractivity contribution < 1.29 is 9.32 Å². The van der Waals surface area contributed by atoms with E-state index < -0.39 is 5.91 Å². The maximum absolute atomic E-state index is 12.1. The van der Waals surface area contributed by atoms with Crippen LogP contribution >= 0.6 is 15.9 Å². The first kappa shape index (κ1) is 13.6. The molecule has 1 amide bonds. The third-order valence-electron chi connectivity index (χ3n) is 3.08. The van der Waals surface area contributed by atoms with Gasteiger partial charge in [0.2, 0.25) is 5.76 Å². The highest BCUT2D eigenvalue weighted by Gasteiger charge is 2.18. The number of rotatable bonds is 3. The quantitative estimate of drug-likeness (QED) is 0.753. The first-order valence-electron chi connectivity index (χ1n) is 6.02. The van der Waals surface area contributed by atoms with Crippen LogP contribution in [0, 0.1) is 6.92 Å². The minimum Gasteiger partial charge on any atom is -0.350 e. The highest BCUT2D eigenvalue weighted by molar-refractivity contribution is 9.10. The summed E-state index contributed by atoms with van der Waals surface area (Å²) in [5.41, 5.74) is 2.32. The second-order valence-electron chi connectivity index (χ2n) is 4.39. The van der Waals surface area contributed by atoms with Crippen LogP contribution in [0.25, 0.3) is 11.3 Å². The van der Waals surface area contributed by atoms with Gasteiger partial charge in [0.15, 0.2) is 0 Å². The number of H-pyrrole nitrogens is 1. The van der Waals surface area contributed by atoms with Crippen LogP contribution in [0.1, 0.15) is 16.2 Å². The fourth-order valence-electron chi connectivity index (χ4n) is 1.79. The van der Waals surface area contributed by atoms with Gasteiger partial charge in [-0.05, 0) is 22.9 Å². The molecule has 3 aromatic heterocycles. The smallest absolute Gasteiger partial charge is 0.295 e. The Morgan fingerprint density at radius 3 is 2.90 bits per heavy atom. The van der Waals surface area contributed by atoms with E-state index in [1.807, 2.05) is 14.0 Å². The Balaban J connectivity index is 1.83. The molecule has 0 fully saturated rings. The van der Waals surface area contributed by atoms with Gasteiger partial charge >= 0.3 is 0 Å². The zero-order valence-electron chi connectivity index (χ0n) is 11.2. The summed E-state index contributed by atoms with van der Waals surface area (Å²) in [5, 5.41) is 17.1. The zero-order chi connectivity index (χ0) is 15.0. The Labute approximate surface area is 127 Å². The number of nitrogens with one attached hydrogen (secondary N) is 2. The number of hydrogen-bond acceptors (Lipinski definition) is 5. The van der Waals surface area contributed by atoms with Gasteiger partial charge in [0.25, 0.3) is 5.91 Å². The molecule has 0 aliphatic rings. The van der Waals surface area contributed by atoms with Gasteiger partial charge in [-0.2, -0.15) is 10.2 Å². The molecule has 0 spiro atoms. The summed E-state index contributed by atoms with van der Waals surface area (Å²) in [6, 6.07) is 1.57. The second kappa shape index (κ2) is 5.17. The van der Waals surface area contributed by atoms with Crippen LogP contribution in [-0.2, 0) is 7.05 Å². The molecule has 2 N–H and O–H groups in total. The standard InChI is InChI=1S/C12H11BrN6O2/c1-6-7(4-15-19(6)2)9-3-10(21-18-9)12(20)16-11-8(13)5-14-17-11/h3-5H,1-2H3,(H2,14,16,17,20). The Bertz CT molecular complexity index is 802. The minimum atomic E-state index is -0.416. The van der Waals surface area contributed by atoms with Crippen molar-refractivity contribution in [1.82, 2.24) is 25.1 Å². The average Bonchev–Trinajstić information content (AvgIpc) is 3.15. The van der Waals surface area contributed by atoms with Gasteiger partial charge in [-0.15, -0.1) is 0 Å². The fourth-order valence-corrected chi connectivity index (χ4v) is 2.08. The molecule has 21 heavy (non-hydrogen) atoms. The summed E-state index contributed by atoms with van der Waals surface area (Å²) in [7, 11) is 1.84. The van der Waals surface area contributed by atoms with Crippen molar-refractivity contribution in [3.63, 3.8) is 0 Å². The third kappa shape index (κ3) is 2.47. The predicted molar refractivity (Wildman–Crippen MR) is 77.7 cm³/mol. The molecule has 0 aliphatic carbocycles. The van der Waals surface area contributed by atoms with Gasteiger partial charge in [0.1, 0.15) is 11.5 Å². The first-order chi connectivity index (χ1) is 10.1. The van der Waals surface area contributed by atoms with Crippen molar-refractivity contribution in [1.29, 1.82) is 0 Å². The van der Waals surface area contributed by atoms with Crippen LogP contribution in [-0.4, -0.2) is 31.0 Å².